The van der Waals surface area contributed by atoms with Crippen LogP contribution in [-0.2, 0) is 17.9 Å². The third-order valence-electron chi connectivity index (χ3n) is 3.36. The van der Waals surface area contributed by atoms with Crippen molar-refractivity contribution in [3.63, 3.8) is 0 Å². The van der Waals surface area contributed by atoms with E-state index >= 15 is 0 Å². The minimum atomic E-state index is -0.0767. The summed E-state index contributed by atoms with van der Waals surface area (Å²) in [7, 11) is 1.68. The average Bonchev–Trinajstić information content (AvgIpc) is 2.78. The number of para-hydroxylation sites is 2. The van der Waals surface area contributed by atoms with Crippen LogP contribution in [0, 0.1) is 0 Å². The molecule has 1 N–H and O–H groups in total. The van der Waals surface area contributed by atoms with E-state index < -0.39 is 0 Å². The molecule has 0 aliphatic carbocycles. The number of ether oxygens (including phenoxy) is 1. The summed E-state index contributed by atoms with van der Waals surface area (Å²) < 4.78 is 6.84. The molecule has 0 radical (unpaired) electrons. The maximum atomic E-state index is 12.0. The van der Waals surface area contributed by atoms with Crippen molar-refractivity contribution in [3.05, 3.63) is 70.1 Å². The van der Waals surface area contributed by atoms with Gasteiger partial charge in [0.1, 0.15) is 0 Å². The zero-order chi connectivity index (χ0) is 13.9. The zero-order valence-electron chi connectivity index (χ0n) is 11.3. The molecular formula is C16H16N2O2. The SMILES string of the molecule is COCc1ccc(Cn2c(=O)[nH]c3ccccc32)cc1. The smallest absolute Gasteiger partial charge is 0.326 e. The molecule has 4 nitrogen and oxygen atoms in total. The highest BCUT2D eigenvalue weighted by atomic mass is 16.5. The number of methoxy groups -OCH3 is 1. The molecule has 0 amide bonds. The number of aromatic nitrogens is 2. The molecule has 0 aliphatic heterocycles. The Labute approximate surface area is 116 Å². The van der Waals surface area contributed by atoms with Crippen LogP contribution in [0.4, 0.5) is 0 Å². The first kappa shape index (κ1) is 12.7. The Morgan fingerprint density at radius 3 is 2.50 bits per heavy atom. The van der Waals surface area contributed by atoms with Gasteiger partial charge < -0.3 is 9.72 Å². The van der Waals surface area contributed by atoms with Gasteiger partial charge in [0.25, 0.3) is 0 Å². The van der Waals surface area contributed by atoms with Crippen LogP contribution in [0.5, 0.6) is 0 Å². The second kappa shape index (κ2) is 5.35. The predicted molar refractivity (Wildman–Crippen MR) is 78.8 cm³/mol. The fourth-order valence-electron chi connectivity index (χ4n) is 2.35. The van der Waals surface area contributed by atoms with Crippen LogP contribution in [0.2, 0.25) is 0 Å². The molecule has 0 atom stereocenters. The van der Waals surface area contributed by atoms with Gasteiger partial charge in [-0.25, -0.2) is 4.79 Å². The zero-order valence-corrected chi connectivity index (χ0v) is 11.3. The number of hydrogen-bond acceptors (Lipinski definition) is 2. The van der Waals surface area contributed by atoms with E-state index in [0.717, 1.165) is 22.2 Å². The second-order valence-electron chi connectivity index (χ2n) is 4.78. The van der Waals surface area contributed by atoms with Gasteiger partial charge in [0.15, 0.2) is 0 Å². The highest BCUT2D eigenvalue weighted by molar-refractivity contribution is 5.75. The molecule has 4 heteroatoms. The minimum absolute atomic E-state index is 0.0767. The molecule has 0 spiro atoms. The number of hydrogen-bond donors (Lipinski definition) is 1. The van der Waals surface area contributed by atoms with E-state index in [1.807, 2.05) is 48.5 Å². The first-order chi connectivity index (χ1) is 9.78. The number of nitrogens with one attached hydrogen (secondary N) is 1. The van der Waals surface area contributed by atoms with Crippen molar-refractivity contribution in [1.82, 2.24) is 9.55 Å². The lowest BCUT2D eigenvalue weighted by molar-refractivity contribution is 0.185. The summed E-state index contributed by atoms with van der Waals surface area (Å²) in [5, 5.41) is 0. The molecule has 0 saturated carbocycles. The van der Waals surface area contributed by atoms with Crippen LogP contribution >= 0.6 is 0 Å². The molecule has 0 bridgehead atoms. The lowest BCUT2D eigenvalue weighted by Gasteiger charge is -2.05. The van der Waals surface area contributed by atoms with Crippen molar-refractivity contribution in [1.29, 1.82) is 0 Å². The Hall–Kier alpha value is -2.33. The minimum Gasteiger partial charge on any atom is -0.380 e. The summed E-state index contributed by atoms with van der Waals surface area (Å²) in [5.74, 6) is 0. The summed E-state index contributed by atoms with van der Waals surface area (Å²) in [6.45, 7) is 1.17. The fourth-order valence-corrected chi connectivity index (χ4v) is 2.35. The van der Waals surface area contributed by atoms with E-state index in [4.69, 9.17) is 4.74 Å². The summed E-state index contributed by atoms with van der Waals surface area (Å²) in [6.07, 6.45) is 0. The van der Waals surface area contributed by atoms with Gasteiger partial charge in [0, 0.05) is 7.11 Å². The quantitative estimate of drug-likeness (QED) is 0.790. The first-order valence-electron chi connectivity index (χ1n) is 6.52. The largest absolute Gasteiger partial charge is 0.380 e. The number of aromatic amines is 1. The number of imidazole rings is 1. The molecule has 3 aromatic rings. The number of rotatable bonds is 4. The Balaban J connectivity index is 1.93. The number of benzene rings is 2. The summed E-state index contributed by atoms with van der Waals surface area (Å²) in [4.78, 5) is 14.9. The Morgan fingerprint density at radius 2 is 1.75 bits per heavy atom. The molecule has 0 aliphatic rings. The summed E-state index contributed by atoms with van der Waals surface area (Å²) >= 11 is 0. The Kier molecular flexibility index (Phi) is 3.39. The highest BCUT2D eigenvalue weighted by Gasteiger charge is 2.06. The monoisotopic (exact) mass is 268 g/mol. The molecule has 3 rings (SSSR count). The van der Waals surface area contributed by atoms with E-state index in [1.54, 1.807) is 11.7 Å². The van der Waals surface area contributed by atoms with Crippen molar-refractivity contribution < 1.29 is 4.74 Å². The van der Waals surface area contributed by atoms with Crippen LogP contribution in [0.3, 0.4) is 0 Å². The number of H-pyrrole nitrogens is 1. The lowest BCUT2D eigenvalue weighted by Crippen LogP contribution is -2.17. The molecule has 1 heterocycles. The van der Waals surface area contributed by atoms with Crippen LogP contribution in [0.25, 0.3) is 11.0 Å². The van der Waals surface area contributed by atoms with Crippen molar-refractivity contribution in [3.8, 4) is 0 Å². The van der Waals surface area contributed by atoms with E-state index in [2.05, 4.69) is 4.98 Å². The maximum absolute atomic E-state index is 12.0. The fraction of sp³-hybridized carbons (Fsp3) is 0.188. The summed E-state index contributed by atoms with van der Waals surface area (Å²) in [5.41, 5.74) is 3.94. The molecule has 0 unspecified atom stereocenters. The van der Waals surface area contributed by atoms with Gasteiger partial charge in [-0.3, -0.25) is 4.57 Å². The van der Waals surface area contributed by atoms with Gasteiger partial charge >= 0.3 is 5.69 Å². The highest BCUT2D eigenvalue weighted by Crippen LogP contribution is 2.12. The van der Waals surface area contributed by atoms with Crippen molar-refractivity contribution in [2.24, 2.45) is 0 Å². The number of nitrogens with zero attached hydrogens (tertiary/aromatic N) is 1. The molecule has 102 valence electrons. The normalized spacial score (nSPS) is 11.1. The molecule has 0 saturated heterocycles. The maximum Gasteiger partial charge on any atom is 0.326 e. The van der Waals surface area contributed by atoms with Gasteiger partial charge in [0.2, 0.25) is 0 Å². The van der Waals surface area contributed by atoms with E-state index in [1.165, 1.54) is 0 Å². The Bertz CT molecular complexity index is 769. The predicted octanol–water partition coefficient (Wildman–Crippen LogP) is 2.52. The van der Waals surface area contributed by atoms with Gasteiger partial charge in [-0.15, -0.1) is 0 Å². The average molecular weight is 268 g/mol. The van der Waals surface area contributed by atoms with Gasteiger partial charge in [-0.2, -0.15) is 0 Å². The third kappa shape index (κ3) is 2.38. The van der Waals surface area contributed by atoms with Crippen LogP contribution in [0.15, 0.2) is 53.3 Å². The molecular weight excluding hydrogens is 252 g/mol. The van der Waals surface area contributed by atoms with Crippen LogP contribution in [0.1, 0.15) is 11.1 Å². The van der Waals surface area contributed by atoms with E-state index in [0.29, 0.717) is 13.2 Å². The van der Waals surface area contributed by atoms with Crippen LogP contribution < -0.4 is 5.69 Å². The molecule has 0 fully saturated rings. The summed E-state index contributed by atoms with van der Waals surface area (Å²) in [6, 6.07) is 15.8. The van der Waals surface area contributed by atoms with Crippen molar-refractivity contribution >= 4 is 11.0 Å². The van der Waals surface area contributed by atoms with Gasteiger partial charge in [-0.05, 0) is 23.3 Å². The molecule has 2 aromatic carbocycles. The van der Waals surface area contributed by atoms with E-state index in [-0.39, 0.29) is 5.69 Å². The van der Waals surface area contributed by atoms with Crippen molar-refractivity contribution in [2.75, 3.05) is 7.11 Å². The molecule has 20 heavy (non-hydrogen) atoms. The second-order valence-corrected chi connectivity index (χ2v) is 4.78. The lowest BCUT2D eigenvalue weighted by atomic mass is 10.1. The van der Waals surface area contributed by atoms with Crippen molar-refractivity contribution in [2.45, 2.75) is 13.2 Å². The third-order valence-corrected chi connectivity index (χ3v) is 3.36. The van der Waals surface area contributed by atoms with E-state index in [9.17, 15) is 4.79 Å². The molecule has 1 aromatic heterocycles. The van der Waals surface area contributed by atoms with Gasteiger partial charge in [-0.1, -0.05) is 36.4 Å². The Morgan fingerprint density at radius 1 is 1.05 bits per heavy atom. The number of fused-ring (bicyclic) bond motifs is 1. The topological polar surface area (TPSA) is 47.0 Å². The first-order valence-corrected chi connectivity index (χ1v) is 6.52. The van der Waals surface area contributed by atoms with Crippen LogP contribution in [-0.4, -0.2) is 16.7 Å². The standard InChI is InChI=1S/C16H16N2O2/c1-20-11-13-8-6-12(7-9-13)10-18-15-5-3-2-4-14(15)17-16(18)19/h2-9H,10-11H2,1H3,(H,17,19). The van der Waals surface area contributed by atoms with Gasteiger partial charge in [0.05, 0.1) is 24.2 Å².